The van der Waals surface area contributed by atoms with Crippen molar-refractivity contribution in [2.75, 3.05) is 19.6 Å². The number of urea groups is 1. The van der Waals surface area contributed by atoms with Crippen molar-refractivity contribution in [1.82, 2.24) is 10.2 Å². The number of carbonyl (C=O) groups excluding carboxylic acids is 1. The summed E-state index contributed by atoms with van der Waals surface area (Å²) in [6, 6.07) is 14.4. The van der Waals surface area contributed by atoms with Gasteiger partial charge in [0.05, 0.1) is 5.54 Å². The minimum atomic E-state index is -0.550. The third-order valence-corrected chi connectivity index (χ3v) is 5.61. The molecule has 3 rings (SSSR count). The van der Waals surface area contributed by atoms with Crippen molar-refractivity contribution < 1.29 is 9.18 Å². The van der Waals surface area contributed by atoms with Gasteiger partial charge in [0.25, 0.3) is 0 Å². The molecular weight excluding hydrogens is 353 g/mol. The number of carbonyl (C=O) groups is 1. The Kier molecular flexibility index (Phi) is 6.35. The Morgan fingerprint density at radius 2 is 1.79 bits per heavy atom. The molecule has 0 saturated heterocycles. The zero-order valence-electron chi connectivity index (χ0n) is 16.7. The van der Waals surface area contributed by atoms with Gasteiger partial charge in [-0.1, -0.05) is 50.2 Å². The summed E-state index contributed by atoms with van der Waals surface area (Å²) in [6.07, 6.45) is 2.82. The molecule has 1 aliphatic carbocycles. The van der Waals surface area contributed by atoms with E-state index in [1.165, 1.54) is 17.7 Å². The van der Waals surface area contributed by atoms with E-state index in [2.05, 4.69) is 36.2 Å². The molecule has 2 aromatic rings. The molecule has 3 N–H and O–H groups in total. The third-order valence-electron chi connectivity index (χ3n) is 5.61. The molecule has 28 heavy (non-hydrogen) atoms. The number of halogens is 1. The fraction of sp³-hybridized carbons (Fsp3) is 0.435. The highest BCUT2D eigenvalue weighted by Gasteiger charge is 2.45. The molecular formula is C23H30FN3O. The average molecular weight is 384 g/mol. The number of nitrogens with two attached hydrogens (primary N) is 1. The van der Waals surface area contributed by atoms with Crippen molar-refractivity contribution in [2.24, 2.45) is 5.73 Å². The molecule has 5 heteroatoms. The van der Waals surface area contributed by atoms with Crippen LogP contribution in [-0.2, 0) is 5.54 Å². The van der Waals surface area contributed by atoms with Gasteiger partial charge in [-0.15, -0.1) is 0 Å². The lowest BCUT2D eigenvalue weighted by molar-refractivity contribution is 0.174. The van der Waals surface area contributed by atoms with Crippen LogP contribution < -0.4 is 11.1 Å². The second-order valence-electron chi connectivity index (χ2n) is 7.74. The molecule has 2 amide bonds. The van der Waals surface area contributed by atoms with Gasteiger partial charge >= 0.3 is 6.03 Å². The van der Waals surface area contributed by atoms with Crippen LogP contribution in [0.5, 0.6) is 0 Å². The summed E-state index contributed by atoms with van der Waals surface area (Å²) in [7, 11) is 0. The number of hydrogen-bond acceptors (Lipinski definition) is 2. The van der Waals surface area contributed by atoms with Crippen molar-refractivity contribution in [3.63, 3.8) is 0 Å². The second kappa shape index (κ2) is 8.74. The largest absolute Gasteiger partial charge is 0.352 e. The van der Waals surface area contributed by atoms with E-state index in [1.54, 1.807) is 0 Å². The Morgan fingerprint density at radius 3 is 2.39 bits per heavy atom. The summed E-state index contributed by atoms with van der Waals surface area (Å²) in [5.41, 5.74) is 8.42. The van der Waals surface area contributed by atoms with Crippen molar-refractivity contribution in [3.8, 4) is 0 Å². The Bertz CT molecular complexity index is 802. The van der Waals surface area contributed by atoms with Gasteiger partial charge in [-0.05, 0) is 61.2 Å². The van der Waals surface area contributed by atoms with Gasteiger partial charge < -0.3 is 16.0 Å². The maximum absolute atomic E-state index is 13.5. The zero-order chi connectivity index (χ0) is 20.1. The summed E-state index contributed by atoms with van der Waals surface area (Å²) in [5.74, 6) is -0.151. The van der Waals surface area contributed by atoms with Crippen molar-refractivity contribution in [3.05, 3.63) is 71.0 Å². The molecule has 0 saturated carbocycles. The fourth-order valence-corrected chi connectivity index (χ4v) is 4.63. The van der Waals surface area contributed by atoms with E-state index in [0.29, 0.717) is 13.0 Å². The number of rotatable bonds is 8. The van der Waals surface area contributed by atoms with Gasteiger partial charge in [-0.3, -0.25) is 0 Å². The van der Waals surface area contributed by atoms with Crippen molar-refractivity contribution >= 4 is 6.03 Å². The summed E-state index contributed by atoms with van der Waals surface area (Å²) in [5, 5.41) is 3.09. The third kappa shape index (κ3) is 4.20. The predicted octanol–water partition coefficient (Wildman–Crippen LogP) is 4.35. The first-order valence-corrected chi connectivity index (χ1v) is 10.1. The van der Waals surface area contributed by atoms with E-state index in [9.17, 15) is 9.18 Å². The lowest BCUT2D eigenvalue weighted by Crippen LogP contribution is -2.54. The van der Waals surface area contributed by atoms with Crippen LogP contribution in [0.25, 0.3) is 0 Å². The molecule has 0 radical (unpaired) electrons. The zero-order valence-corrected chi connectivity index (χ0v) is 16.7. The quantitative estimate of drug-likeness (QED) is 0.712. The van der Waals surface area contributed by atoms with E-state index >= 15 is 0 Å². The smallest absolute Gasteiger partial charge is 0.312 e. The summed E-state index contributed by atoms with van der Waals surface area (Å²) < 4.78 is 13.5. The maximum atomic E-state index is 13.5. The number of primary amides is 1. The lowest BCUT2D eigenvalue weighted by atomic mass is 9.88. The molecule has 150 valence electrons. The van der Waals surface area contributed by atoms with Gasteiger partial charge in [0.1, 0.15) is 5.82 Å². The molecule has 4 nitrogen and oxygen atoms in total. The monoisotopic (exact) mass is 383 g/mol. The molecule has 0 fully saturated rings. The number of nitrogens with zero attached hydrogens (tertiary/aromatic N) is 1. The van der Waals surface area contributed by atoms with E-state index in [1.807, 2.05) is 24.3 Å². The minimum absolute atomic E-state index is 0.0914. The number of hydrogen-bond donors (Lipinski definition) is 2. The van der Waals surface area contributed by atoms with Gasteiger partial charge in [-0.25, -0.2) is 9.18 Å². The molecule has 0 heterocycles. The number of fused-ring (bicyclic) bond motifs is 1. The normalized spacial score (nSPS) is 20.9. The summed E-state index contributed by atoms with van der Waals surface area (Å²) >= 11 is 0. The SMILES string of the molecule is CCCN(CCC)CC1(NC(N)=O)CC(c2ccc(F)cc2)c2ccccc21. The van der Waals surface area contributed by atoms with Gasteiger partial charge in [0.15, 0.2) is 0 Å². The molecule has 2 atom stereocenters. The molecule has 0 aromatic heterocycles. The Morgan fingerprint density at radius 1 is 1.14 bits per heavy atom. The van der Waals surface area contributed by atoms with Crippen molar-refractivity contribution in [2.45, 2.75) is 44.6 Å². The first kappa shape index (κ1) is 20.3. The molecule has 2 aromatic carbocycles. The molecule has 0 aliphatic heterocycles. The van der Waals surface area contributed by atoms with E-state index < -0.39 is 11.6 Å². The maximum Gasteiger partial charge on any atom is 0.312 e. The minimum Gasteiger partial charge on any atom is -0.352 e. The molecule has 0 spiro atoms. The Hall–Kier alpha value is -2.40. The summed E-state index contributed by atoms with van der Waals surface area (Å²) in [6.45, 7) is 6.99. The van der Waals surface area contributed by atoms with Gasteiger partial charge in [0, 0.05) is 12.5 Å². The standard InChI is InChI=1S/C23H30FN3O/c1-3-13-27(14-4-2)16-23(26-22(25)28)15-20(17-9-11-18(24)12-10-17)19-7-5-6-8-21(19)23/h5-12,20H,3-4,13-16H2,1-2H3,(H3,25,26,28). The summed E-state index contributed by atoms with van der Waals surface area (Å²) in [4.78, 5) is 14.4. The molecule has 2 unspecified atom stereocenters. The van der Waals surface area contributed by atoms with Crippen LogP contribution in [0.3, 0.4) is 0 Å². The first-order chi connectivity index (χ1) is 13.5. The highest BCUT2D eigenvalue weighted by molar-refractivity contribution is 5.73. The highest BCUT2D eigenvalue weighted by atomic mass is 19.1. The number of nitrogens with one attached hydrogen (secondary N) is 1. The van der Waals surface area contributed by atoms with Crippen LogP contribution >= 0.6 is 0 Å². The Balaban J connectivity index is 2.04. The van der Waals surface area contributed by atoms with Crippen LogP contribution in [0.4, 0.5) is 9.18 Å². The lowest BCUT2D eigenvalue weighted by Gasteiger charge is -2.37. The van der Waals surface area contributed by atoms with E-state index in [0.717, 1.165) is 37.1 Å². The topological polar surface area (TPSA) is 58.4 Å². The molecule has 0 bridgehead atoms. The number of amides is 2. The van der Waals surface area contributed by atoms with Crippen LogP contribution in [0.1, 0.15) is 55.7 Å². The molecule has 1 aliphatic rings. The van der Waals surface area contributed by atoms with Crippen LogP contribution in [-0.4, -0.2) is 30.6 Å². The predicted molar refractivity (Wildman–Crippen MR) is 111 cm³/mol. The van der Waals surface area contributed by atoms with Crippen LogP contribution in [0, 0.1) is 5.82 Å². The van der Waals surface area contributed by atoms with Gasteiger partial charge in [-0.2, -0.15) is 0 Å². The van der Waals surface area contributed by atoms with Gasteiger partial charge in [0.2, 0.25) is 0 Å². The van der Waals surface area contributed by atoms with Crippen molar-refractivity contribution in [1.29, 1.82) is 0 Å². The van der Waals surface area contributed by atoms with Crippen LogP contribution in [0.2, 0.25) is 0 Å². The van der Waals surface area contributed by atoms with Crippen LogP contribution in [0.15, 0.2) is 48.5 Å². The second-order valence-corrected chi connectivity index (χ2v) is 7.74. The Labute approximate surface area is 166 Å². The first-order valence-electron chi connectivity index (χ1n) is 10.1. The highest BCUT2D eigenvalue weighted by Crippen LogP contribution is 2.48. The van der Waals surface area contributed by atoms with E-state index in [-0.39, 0.29) is 11.7 Å². The average Bonchev–Trinajstić information content (AvgIpc) is 2.97. The fourth-order valence-electron chi connectivity index (χ4n) is 4.63. The van der Waals surface area contributed by atoms with E-state index in [4.69, 9.17) is 5.73 Å². The number of benzene rings is 2.